The Labute approximate surface area is 97.5 Å². The molecule has 1 aliphatic rings. The first-order valence-corrected chi connectivity index (χ1v) is 5.52. The summed E-state index contributed by atoms with van der Waals surface area (Å²) in [6, 6.07) is 1.89. The third-order valence-electron chi connectivity index (χ3n) is 3.14. The van der Waals surface area contributed by atoms with Crippen molar-refractivity contribution in [2.45, 2.75) is 6.42 Å². The van der Waals surface area contributed by atoms with Crippen molar-refractivity contribution < 1.29 is 9.90 Å². The van der Waals surface area contributed by atoms with Crippen molar-refractivity contribution in [1.82, 2.24) is 14.6 Å². The van der Waals surface area contributed by atoms with Crippen LogP contribution in [-0.2, 0) is 4.79 Å². The van der Waals surface area contributed by atoms with Crippen LogP contribution in [0.25, 0.3) is 5.52 Å². The molecule has 2 aromatic rings. The Morgan fingerprint density at radius 3 is 3.12 bits per heavy atom. The lowest BCUT2D eigenvalue weighted by molar-refractivity contribution is -0.140. The maximum absolute atomic E-state index is 10.9. The molecule has 1 aliphatic heterocycles. The smallest absolute Gasteiger partial charge is 0.308 e. The van der Waals surface area contributed by atoms with E-state index in [1.165, 1.54) is 0 Å². The summed E-state index contributed by atoms with van der Waals surface area (Å²) >= 11 is 0. The molecule has 1 N–H and O–H groups in total. The highest BCUT2D eigenvalue weighted by atomic mass is 16.4. The molecule has 1 fully saturated rings. The van der Waals surface area contributed by atoms with Crippen LogP contribution in [0, 0.1) is 5.92 Å². The van der Waals surface area contributed by atoms with Crippen LogP contribution in [0.15, 0.2) is 24.7 Å². The Balaban J connectivity index is 1.95. The molecule has 0 bridgehead atoms. The fourth-order valence-electron chi connectivity index (χ4n) is 2.24. The van der Waals surface area contributed by atoms with Crippen LogP contribution >= 0.6 is 0 Å². The molecule has 0 spiro atoms. The quantitative estimate of drug-likeness (QED) is 0.822. The highest BCUT2D eigenvalue weighted by molar-refractivity contribution is 5.74. The molecule has 0 aliphatic carbocycles. The normalized spacial score (nSPS) is 20.0. The van der Waals surface area contributed by atoms with Crippen LogP contribution < -0.4 is 4.90 Å². The summed E-state index contributed by atoms with van der Waals surface area (Å²) in [6.07, 6.45) is 5.85. The van der Waals surface area contributed by atoms with E-state index in [1.807, 2.05) is 11.0 Å². The van der Waals surface area contributed by atoms with Gasteiger partial charge in [-0.2, -0.15) is 5.10 Å². The lowest BCUT2D eigenvalue weighted by Gasteiger charge is -2.17. The molecule has 0 radical (unpaired) electrons. The van der Waals surface area contributed by atoms with Gasteiger partial charge in [0.2, 0.25) is 0 Å². The number of aromatic nitrogens is 3. The predicted octanol–water partition coefficient (Wildman–Crippen LogP) is 0.640. The largest absolute Gasteiger partial charge is 0.481 e. The minimum Gasteiger partial charge on any atom is -0.481 e. The van der Waals surface area contributed by atoms with Gasteiger partial charge < -0.3 is 10.0 Å². The minimum absolute atomic E-state index is 0.292. The molecular formula is C11H12N4O2. The summed E-state index contributed by atoms with van der Waals surface area (Å²) in [5.74, 6) is -0.207. The number of carboxylic acids is 1. The van der Waals surface area contributed by atoms with E-state index in [1.54, 1.807) is 23.1 Å². The van der Waals surface area contributed by atoms with Gasteiger partial charge in [0.25, 0.3) is 0 Å². The first-order valence-electron chi connectivity index (χ1n) is 5.52. The lowest BCUT2D eigenvalue weighted by Crippen LogP contribution is -2.24. The summed E-state index contributed by atoms with van der Waals surface area (Å²) in [7, 11) is 0. The Hall–Kier alpha value is -2.11. The van der Waals surface area contributed by atoms with Gasteiger partial charge in [0.1, 0.15) is 5.52 Å². The molecule has 0 aromatic carbocycles. The number of rotatable bonds is 2. The minimum atomic E-state index is -0.729. The Morgan fingerprint density at radius 1 is 1.47 bits per heavy atom. The molecule has 6 heteroatoms. The summed E-state index contributed by atoms with van der Waals surface area (Å²) in [5.41, 5.74) is 0.915. The van der Waals surface area contributed by atoms with Crippen LogP contribution in [0.2, 0.25) is 0 Å². The van der Waals surface area contributed by atoms with E-state index in [4.69, 9.17) is 5.11 Å². The second-order valence-electron chi connectivity index (χ2n) is 4.18. The molecule has 88 valence electrons. The van der Waals surface area contributed by atoms with Gasteiger partial charge in [-0.25, -0.2) is 9.50 Å². The summed E-state index contributed by atoms with van der Waals surface area (Å²) < 4.78 is 1.75. The van der Waals surface area contributed by atoms with E-state index in [0.29, 0.717) is 13.0 Å². The van der Waals surface area contributed by atoms with Crippen LogP contribution in [0.3, 0.4) is 0 Å². The SMILES string of the molecule is O=C(O)C1CCN(c2nccn3nccc23)C1. The first-order chi connectivity index (χ1) is 8.25. The Bertz CT molecular complexity index is 565. The molecule has 3 rings (SSSR count). The monoisotopic (exact) mass is 232 g/mol. The van der Waals surface area contributed by atoms with Crippen molar-refractivity contribution in [1.29, 1.82) is 0 Å². The highest BCUT2D eigenvalue weighted by Crippen LogP contribution is 2.25. The van der Waals surface area contributed by atoms with Crippen LogP contribution in [-0.4, -0.2) is 38.8 Å². The molecule has 3 heterocycles. The van der Waals surface area contributed by atoms with Crippen LogP contribution in [0.1, 0.15) is 6.42 Å². The molecule has 1 unspecified atom stereocenters. The molecule has 0 amide bonds. The van der Waals surface area contributed by atoms with Gasteiger partial charge in [-0.05, 0) is 12.5 Å². The van der Waals surface area contributed by atoms with Crippen molar-refractivity contribution in [3.8, 4) is 0 Å². The summed E-state index contributed by atoms with van der Waals surface area (Å²) in [6.45, 7) is 1.25. The lowest BCUT2D eigenvalue weighted by atomic mass is 10.1. The van der Waals surface area contributed by atoms with Gasteiger partial charge in [-0.1, -0.05) is 0 Å². The number of carboxylic acid groups (broad SMARTS) is 1. The van der Waals surface area contributed by atoms with E-state index in [-0.39, 0.29) is 5.92 Å². The van der Waals surface area contributed by atoms with Crippen molar-refractivity contribution in [3.63, 3.8) is 0 Å². The van der Waals surface area contributed by atoms with Gasteiger partial charge >= 0.3 is 5.97 Å². The molecular weight excluding hydrogens is 220 g/mol. The number of carbonyl (C=O) groups is 1. The second-order valence-corrected chi connectivity index (χ2v) is 4.18. The zero-order valence-electron chi connectivity index (χ0n) is 9.15. The molecule has 0 saturated carbocycles. The van der Waals surface area contributed by atoms with Gasteiger partial charge in [-0.15, -0.1) is 0 Å². The number of hydrogen-bond donors (Lipinski definition) is 1. The topological polar surface area (TPSA) is 70.7 Å². The van der Waals surface area contributed by atoms with Crippen molar-refractivity contribution >= 4 is 17.3 Å². The van der Waals surface area contributed by atoms with E-state index < -0.39 is 5.97 Å². The molecule has 17 heavy (non-hydrogen) atoms. The van der Waals surface area contributed by atoms with Gasteiger partial charge in [0.15, 0.2) is 5.82 Å². The van der Waals surface area contributed by atoms with Gasteiger partial charge in [0.05, 0.1) is 12.1 Å². The second kappa shape index (κ2) is 3.73. The standard InChI is InChI=1S/C11H12N4O2/c16-11(17)8-2-5-14(7-8)10-9-1-3-13-15(9)6-4-12-10/h1,3-4,6,8H,2,5,7H2,(H,16,17). The number of fused-ring (bicyclic) bond motifs is 1. The number of anilines is 1. The van der Waals surface area contributed by atoms with Gasteiger partial charge in [0, 0.05) is 25.5 Å². The van der Waals surface area contributed by atoms with E-state index in [0.717, 1.165) is 17.9 Å². The number of nitrogens with zero attached hydrogens (tertiary/aromatic N) is 4. The maximum Gasteiger partial charge on any atom is 0.308 e. The summed E-state index contributed by atoms with van der Waals surface area (Å²) in [4.78, 5) is 17.3. The Morgan fingerprint density at radius 2 is 2.35 bits per heavy atom. The zero-order chi connectivity index (χ0) is 11.8. The molecule has 2 aromatic heterocycles. The van der Waals surface area contributed by atoms with Crippen LogP contribution in [0.4, 0.5) is 5.82 Å². The molecule has 1 atom stereocenters. The van der Waals surface area contributed by atoms with Crippen LogP contribution in [0.5, 0.6) is 0 Å². The Kier molecular flexibility index (Phi) is 2.21. The third kappa shape index (κ3) is 1.61. The number of aliphatic carboxylic acids is 1. The van der Waals surface area contributed by atoms with E-state index in [2.05, 4.69) is 10.1 Å². The molecule has 1 saturated heterocycles. The predicted molar refractivity (Wildman–Crippen MR) is 60.9 cm³/mol. The van der Waals surface area contributed by atoms with E-state index in [9.17, 15) is 4.79 Å². The fraction of sp³-hybridized carbons (Fsp3) is 0.364. The third-order valence-corrected chi connectivity index (χ3v) is 3.14. The first kappa shape index (κ1) is 10.1. The van der Waals surface area contributed by atoms with E-state index >= 15 is 0 Å². The van der Waals surface area contributed by atoms with Crippen molar-refractivity contribution in [2.24, 2.45) is 5.92 Å². The molecule has 6 nitrogen and oxygen atoms in total. The highest BCUT2D eigenvalue weighted by Gasteiger charge is 2.29. The summed E-state index contributed by atoms with van der Waals surface area (Å²) in [5, 5.41) is 13.1. The fourth-order valence-corrected chi connectivity index (χ4v) is 2.24. The number of hydrogen-bond acceptors (Lipinski definition) is 4. The van der Waals surface area contributed by atoms with Crippen molar-refractivity contribution in [3.05, 3.63) is 24.7 Å². The zero-order valence-corrected chi connectivity index (χ0v) is 9.15. The van der Waals surface area contributed by atoms with Crippen molar-refractivity contribution in [2.75, 3.05) is 18.0 Å². The average Bonchev–Trinajstić information content (AvgIpc) is 2.97. The maximum atomic E-state index is 10.9. The average molecular weight is 232 g/mol. The van der Waals surface area contributed by atoms with Gasteiger partial charge in [-0.3, -0.25) is 4.79 Å².